The highest BCUT2D eigenvalue weighted by Crippen LogP contribution is 2.32. The van der Waals surface area contributed by atoms with E-state index in [4.69, 9.17) is 4.74 Å². The first-order valence-electron chi connectivity index (χ1n) is 8.06. The molecule has 1 heterocycles. The number of carbonyl (C=O) groups is 2. The number of Topliss-reactive ketones (excluding diaryl/α,β-unsaturated/α-hetero) is 1. The van der Waals surface area contributed by atoms with E-state index in [1.54, 1.807) is 20.8 Å². The summed E-state index contributed by atoms with van der Waals surface area (Å²) in [7, 11) is 0. The minimum atomic E-state index is -0.896. The molecule has 0 aliphatic carbocycles. The average molecular weight is 315 g/mol. The topological polar surface area (TPSA) is 46.6 Å². The number of ketones is 1. The van der Waals surface area contributed by atoms with Gasteiger partial charge in [0.1, 0.15) is 5.76 Å². The molecule has 4 nitrogen and oxygen atoms in total. The predicted octanol–water partition coefficient (Wildman–Crippen LogP) is 3.63. The Morgan fingerprint density at radius 1 is 1.30 bits per heavy atom. The van der Waals surface area contributed by atoms with E-state index in [-0.39, 0.29) is 24.3 Å². The number of ether oxygens (including phenoxy) is 1. The third-order valence-corrected chi connectivity index (χ3v) is 4.62. The number of hydrogen-bond acceptors (Lipinski definition) is 3. The van der Waals surface area contributed by atoms with Crippen LogP contribution in [0.3, 0.4) is 0 Å². The molecule has 1 aromatic rings. The molecule has 0 spiro atoms. The quantitative estimate of drug-likeness (QED) is 0.833. The third-order valence-electron chi connectivity index (χ3n) is 4.62. The van der Waals surface area contributed by atoms with Crippen LogP contribution in [0.25, 0.3) is 5.57 Å². The zero-order valence-corrected chi connectivity index (χ0v) is 14.6. The maximum Gasteiger partial charge on any atom is 0.261 e. The van der Waals surface area contributed by atoms with Gasteiger partial charge in [-0.1, -0.05) is 44.2 Å². The van der Waals surface area contributed by atoms with Gasteiger partial charge in [-0.25, -0.2) is 0 Å². The molecule has 0 saturated carbocycles. The molecule has 0 N–H and O–H groups in total. The van der Waals surface area contributed by atoms with Crippen LogP contribution < -0.4 is 0 Å². The molecule has 0 saturated heterocycles. The number of rotatable bonds is 5. The van der Waals surface area contributed by atoms with Crippen LogP contribution in [0.5, 0.6) is 0 Å². The molecule has 0 radical (unpaired) electrons. The van der Waals surface area contributed by atoms with Gasteiger partial charge in [0, 0.05) is 5.92 Å². The largest absolute Gasteiger partial charge is 0.477 e. The Kier molecular flexibility index (Phi) is 4.93. The zero-order valence-electron chi connectivity index (χ0n) is 14.6. The maximum atomic E-state index is 13.0. The van der Waals surface area contributed by atoms with E-state index in [2.05, 4.69) is 0 Å². The van der Waals surface area contributed by atoms with Gasteiger partial charge in [-0.3, -0.25) is 14.5 Å². The molecule has 0 bridgehead atoms. The molecule has 124 valence electrons. The van der Waals surface area contributed by atoms with Crippen molar-refractivity contribution in [3.8, 4) is 0 Å². The van der Waals surface area contributed by atoms with Crippen molar-refractivity contribution in [1.29, 1.82) is 0 Å². The molecule has 2 rings (SSSR count). The van der Waals surface area contributed by atoms with Crippen LogP contribution in [0.2, 0.25) is 0 Å². The SMILES string of the molecule is CCC(C)C(=O)C(C)(C)N1COC(C)=C(c2ccccc2)C1=O. The molecule has 1 aromatic carbocycles. The van der Waals surface area contributed by atoms with Crippen LogP contribution in [0.15, 0.2) is 36.1 Å². The molecule has 23 heavy (non-hydrogen) atoms. The Bertz CT molecular complexity index is 631. The lowest BCUT2D eigenvalue weighted by Gasteiger charge is -2.41. The van der Waals surface area contributed by atoms with E-state index in [1.807, 2.05) is 44.2 Å². The number of hydrogen-bond donors (Lipinski definition) is 0. The van der Waals surface area contributed by atoms with Crippen molar-refractivity contribution in [2.24, 2.45) is 5.92 Å². The van der Waals surface area contributed by atoms with Gasteiger partial charge in [0.2, 0.25) is 0 Å². The Morgan fingerprint density at radius 2 is 1.91 bits per heavy atom. The van der Waals surface area contributed by atoms with Gasteiger partial charge in [-0.15, -0.1) is 0 Å². The summed E-state index contributed by atoms with van der Waals surface area (Å²) in [5, 5.41) is 0. The fourth-order valence-electron chi connectivity index (χ4n) is 2.85. The fourth-order valence-corrected chi connectivity index (χ4v) is 2.85. The summed E-state index contributed by atoms with van der Waals surface area (Å²) < 4.78 is 5.71. The lowest BCUT2D eigenvalue weighted by atomic mass is 9.86. The summed E-state index contributed by atoms with van der Waals surface area (Å²) in [6, 6.07) is 9.44. The smallest absolute Gasteiger partial charge is 0.261 e. The number of benzene rings is 1. The summed E-state index contributed by atoms with van der Waals surface area (Å²) in [6.45, 7) is 9.38. The number of nitrogens with zero attached hydrogens (tertiary/aromatic N) is 1. The van der Waals surface area contributed by atoms with Crippen LogP contribution in [-0.2, 0) is 14.3 Å². The first kappa shape index (κ1) is 17.3. The number of carbonyl (C=O) groups excluding carboxylic acids is 2. The first-order chi connectivity index (χ1) is 10.8. The first-order valence-corrected chi connectivity index (χ1v) is 8.06. The van der Waals surface area contributed by atoms with Crippen LogP contribution in [0.1, 0.15) is 46.6 Å². The molecule has 4 heteroatoms. The van der Waals surface area contributed by atoms with Crippen molar-refractivity contribution >= 4 is 17.3 Å². The van der Waals surface area contributed by atoms with Gasteiger partial charge in [0.25, 0.3) is 5.91 Å². The zero-order chi connectivity index (χ0) is 17.2. The Balaban J connectivity index is 2.38. The molecule has 1 aliphatic heterocycles. The standard InChI is InChI=1S/C19H25NO3/c1-6-13(2)17(21)19(4,5)20-12-23-14(3)16(18(20)22)15-10-8-7-9-11-15/h7-11,13H,6,12H2,1-5H3. The molecule has 1 aliphatic rings. The minimum absolute atomic E-state index is 0.0592. The predicted molar refractivity (Wildman–Crippen MR) is 90.4 cm³/mol. The third kappa shape index (κ3) is 3.16. The normalized spacial score (nSPS) is 17.1. The van der Waals surface area contributed by atoms with Gasteiger partial charge in [0.15, 0.2) is 12.5 Å². The van der Waals surface area contributed by atoms with Gasteiger partial charge < -0.3 is 4.74 Å². The van der Waals surface area contributed by atoms with Crippen LogP contribution in [-0.4, -0.2) is 28.9 Å². The van der Waals surface area contributed by atoms with E-state index in [1.165, 1.54) is 4.90 Å². The number of allylic oxidation sites excluding steroid dienone is 1. The molecular formula is C19H25NO3. The highest BCUT2D eigenvalue weighted by molar-refractivity contribution is 6.21. The van der Waals surface area contributed by atoms with Gasteiger partial charge in [-0.2, -0.15) is 0 Å². The van der Waals surface area contributed by atoms with Crippen molar-refractivity contribution in [2.45, 2.75) is 46.6 Å². The van der Waals surface area contributed by atoms with E-state index in [9.17, 15) is 9.59 Å². The molecule has 0 fully saturated rings. The van der Waals surface area contributed by atoms with E-state index < -0.39 is 5.54 Å². The Morgan fingerprint density at radius 3 is 2.48 bits per heavy atom. The van der Waals surface area contributed by atoms with Crippen LogP contribution in [0.4, 0.5) is 0 Å². The van der Waals surface area contributed by atoms with Gasteiger partial charge in [0.05, 0.1) is 11.1 Å². The Hall–Kier alpha value is -2.10. The van der Waals surface area contributed by atoms with Crippen LogP contribution >= 0.6 is 0 Å². The van der Waals surface area contributed by atoms with E-state index in [0.717, 1.165) is 12.0 Å². The second-order valence-corrected chi connectivity index (χ2v) is 6.54. The van der Waals surface area contributed by atoms with Gasteiger partial charge in [-0.05, 0) is 32.8 Å². The maximum absolute atomic E-state index is 13.0. The van der Waals surface area contributed by atoms with Crippen molar-refractivity contribution in [2.75, 3.05) is 6.73 Å². The van der Waals surface area contributed by atoms with Crippen molar-refractivity contribution in [3.05, 3.63) is 41.7 Å². The summed E-state index contributed by atoms with van der Waals surface area (Å²) >= 11 is 0. The second-order valence-electron chi connectivity index (χ2n) is 6.54. The van der Waals surface area contributed by atoms with Gasteiger partial charge >= 0.3 is 0 Å². The molecule has 1 amide bonds. The highest BCUT2D eigenvalue weighted by atomic mass is 16.5. The number of amides is 1. The van der Waals surface area contributed by atoms with Crippen molar-refractivity contribution < 1.29 is 14.3 Å². The minimum Gasteiger partial charge on any atom is -0.477 e. The fraction of sp³-hybridized carbons (Fsp3) is 0.474. The molecule has 1 atom stereocenters. The summed E-state index contributed by atoms with van der Waals surface area (Å²) in [5.74, 6) is 0.416. The van der Waals surface area contributed by atoms with E-state index >= 15 is 0 Å². The lowest BCUT2D eigenvalue weighted by molar-refractivity contribution is -0.150. The highest BCUT2D eigenvalue weighted by Gasteiger charge is 2.43. The molecule has 1 unspecified atom stereocenters. The average Bonchev–Trinajstić information content (AvgIpc) is 2.54. The summed E-state index contributed by atoms with van der Waals surface area (Å²) in [4.78, 5) is 27.3. The summed E-state index contributed by atoms with van der Waals surface area (Å²) in [5.41, 5.74) is 0.445. The van der Waals surface area contributed by atoms with Crippen LogP contribution in [0, 0.1) is 5.92 Å². The van der Waals surface area contributed by atoms with Crippen molar-refractivity contribution in [3.63, 3.8) is 0 Å². The second kappa shape index (κ2) is 6.57. The summed E-state index contributed by atoms with van der Waals surface area (Å²) in [6.07, 6.45) is 0.756. The molecular weight excluding hydrogens is 290 g/mol. The monoisotopic (exact) mass is 315 g/mol. The Labute approximate surface area is 138 Å². The van der Waals surface area contributed by atoms with Crippen molar-refractivity contribution in [1.82, 2.24) is 4.90 Å². The lowest BCUT2D eigenvalue weighted by Crippen LogP contribution is -2.56. The van der Waals surface area contributed by atoms with E-state index in [0.29, 0.717) is 11.3 Å². The molecule has 0 aromatic heterocycles.